The Morgan fingerprint density at radius 2 is 1.73 bits per heavy atom. The van der Waals surface area contributed by atoms with Crippen molar-refractivity contribution in [3.05, 3.63) is 70.5 Å². The lowest BCUT2D eigenvalue weighted by molar-refractivity contribution is -0.117. The number of amides is 2. The second-order valence-corrected chi connectivity index (χ2v) is 8.65. The third-order valence-electron chi connectivity index (χ3n) is 5.41. The lowest BCUT2D eigenvalue weighted by atomic mass is 10.2. The fraction of sp³-hybridized carbons (Fsp3) is 0.333. The molecule has 0 unspecified atom stereocenters. The monoisotopic (exact) mass is 466 g/mol. The van der Waals surface area contributed by atoms with Crippen molar-refractivity contribution < 1.29 is 14.3 Å². The van der Waals surface area contributed by atoms with Crippen LogP contribution in [0.15, 0.2) is 64.5 Å². The smallest absolute Gasteiger partial charge is 0.262 e. The van der Waals surface area contributed by atoms with Crippen LogP contribution < -0.4 is 10.9 Å². The third kappa shape index (κ3) is 6.07. The zero-order valence-corrected chi connectivity index (χ0v) is 19.1. The van der Waals surface area contributed by atoms with E-state index in [4.69, 9.17) is 4.74 Å². The zero-order valence-electron chi connectivity index (χ0n) is 18.2. The van der Waals surface area contributed by atoms with Gasteiger partial charge < -0.3 is 4.74 Å². The van der Waals surface area contributed by atoms with Gasteiger partial charge in [0, 0.05) is 31.7 Å². The molecule has 33 heavy (non-hydrogen) atoms. The molecule has 172 valence electrons. The number of carbonyl (C=O) groups is 2. The van der Waals surface area contributed by atoms with Crippen molar-refractivity contribution in [2.45, 2.75) is 18.1 Å². The first-order chi connectivity index (χ1) is 16.1. The summed E-state index contributed by atoms with van der Waals surface area (Å²) in [5.41, 5.74) is 0.890. The highest BCUT2D eigenvalue weighted by Gasteiger charge is 2.16. The average Bonchev–Trinajstić information content (AvgIpc) is 2.85. The van der Waals surface area contributed by atoms with Gasteiger partial charge in [0.25, 0.3) is 11.5 Å². The van der Waals surface area contributed by atoms with Gasteiger partial charge in [-0.2, -0.15) is 0 Å². The fourth-order valence-corrected chi connectivity index (χ4v) is 4.51. The third-order valence-corrected chi connectivity index (χ3v) is 6.38. The Hall–Kier alpha value is -3.01. The first kappa shape index (κ1) is 23.2. The van der Waals surface area contributed by atoms with E-state index in [-0.39, 0.29) is 11.3 Å². The van der Waals surface area contributed by atoms with Crippen LogP contribution in [0.25, 0.3) is 10.9 Å². The van der Waals surface area contributed by atoms with Crippen LogP contribution in [0.1, 0.15) is 16.8 Å². The molecule has 2 amide bonds. The van der Waals surface area contributed by atoms with E-state index < -0.39 is 11.8 Å². The summed E-state index contributed by atoms with van der Waals surface area (Å²) in [5.74, 6) is -0.904. The molecule has 4 rings (SSSR count). The maximum atomic E-state index is 13.2. The number of nitrogens with one attached hydrogen (secondary N) is 1. The second kappa shape index (κ2) is 11.2. The summed E-state index contributed by atoms with van der Waals surface area (Å²) in [4.78, 5) is 44.7. The van der Waals surface area contributed by atoms with E-state index in [9.17, 15) is 14.4 Å². The topological polar surface area (TPSA) is 93.5 Å². The number of hydrogen-bond acceptors (Lipinski definition) is 7. The Morgan fingerprint density at radius 3 is 2.52 bits per heavy atom. The van der Waals surface area contributed by atoms with Gasteiger partial charge in [-0.25, -0.2) is 4.98 Å². The molecule has 3 aromatic rings. The van der Waals surface area contributed by atoms with Crippen molar-refractivity contribution in [1.29, 1.82) is 0 Å². The number of para-hydroxylation sites is 1. The van der Waals surface area contributed by atoms with Crippen LogP contribution in [0.5, 0.6) is 0 Å². The highest BCUT2D eigenvalue weighted by atomic mass is 32.2. The number of aromatic nitrogens is 2. The van der Waals surface area contributed by atoms with Gasteiger partial charge >= 0.3 is 0 Å². The standard InChI is InChI=1S/C24H26N4O4S/c29-21(26-22(30)18-7-2-1-3-8-18)17-33-24-25-20-10-5-4-9-19(20)23(31)28(24)12-6-11-27-13-15-32-16-14-27/h1-5,7-10H,6,11-17H2,(H,26,29,30). The molecule has 1 aliphatic rings. The lowest BCUT2D eigenvalue weighted by Gasteiger charge is -2.26. The molecule has 0 atom stereocenters. The molecular formula is C24H26N4O4S. The van der Waals surface area contributed by atoms with E-state index in [2.05, 4.69) is 15.2 Å². The summed E-state index contributed by atoms with van der Waals surface area (Å²) in [7, 11) is 0. The molecule has 8 nitrogen and oxygen atoms in total. The fourth-order valence-electron chi connectivity index (χ4n) is 3.69. The van der Waals surface area contributed by atoms with E-state index >= 15 is 0 Å². The molecule has 1 aliphatic heterocycles. The summed E-state index contributed by atoms with van der Waals surface area (Å²) in [6.07, 6.45) is 0.784. The van der Waals surface area contributed by atoms with Crippen molar-refractivity contribution in [1.82, 2.24) is 19.8 Å². The molecule has 1 N–H and O–H groups in total. The molecule has 0 bridgehead atoms. The quantitative estimate of drug-likeness (QED) is 0.402. The maximum absolute atomic E-state index is 13.2. The minimum absolute atomic E-state index is 0.0210. The zero-order chi connectivity index (χ0) is 23.0. The Labute approximate surface area is 195 Å². The van der Waals surface area contributed by atoms with E-state index in [1.54, 1.807) is 47.0 Å². The molecule has 0 saturated carbocycles. The van der Waals surface area contributed by atoms with Gasteiger partial charge in [-0.15, -0.1) is 0 Å². The Balaban J connectivity index is 1.45. The van der Waals surface area contributed by atoms with Crippen LogP contribution in [0, 0.1) is 0 Å². The van der Waals surface area contributed by atoms with Crippen LogP contribution in [0.2, 0.25) is 0 Å². The predicted molar refractivity (Wildman–Crippen MR) is 128 cm³/mol. The Bertz CT molecular complexity index is 1180. The van der Waals surface area contributed by atoms with Crippen molar-refractivity contribution in [2.75, 3.05) is 38.6 Å². The second-order valence-electron chi connectivity index (χ2n) is 7.71. The molecule has 0 radical (unpaired) electrons. The molecule has 1 saturated heterocycles. The van der Waals surface area contributed by atoms with Crippen LogP contribution >= 0.6 is 11.8 Å². The van der Waals surface area contributed by atoms with Crippen LogP contribution in [-0.4, -0.2) is 64.9 Å². The van der Waals surface area contributed by atoms with Crippen molar-refractivity contribution >= 4 is 34.5 Å². The molecule has 9 heteroatoms. The molecule has 0 spiro atoms. The largest absolute Gasteiger partial charge is 0.379 e. The number of benzene rings is 2. The van der Waals surface area contributed by atoms with E-state index in [0.717, 1.165) is 51.0 Å². The number of rotatable bonds is 8. The normalized spacial score (nSPS) is 14.3. The summed E-state index contributed by atoms with van der Waals surface area (Å²) in [5, 5.41) is 3.42. The number of thioether (sulfide) groups is 1. The molecule has 1 fully saturated rings. The highest BCUT2D eigenvalue weighted by Crippen LogP contribution is 2.18. The number of nitrogens with zero attached hydrogens (tertiary/aromatic N) is 3. The first-order valence-electron chi connectivity index (χ1n) is 10.9. The Morgan fingerprint density at radius 1 is 1.00 bits per heavy atom. The summed E-state index contributed by atoms with van der Waals surface area (Å²) < 4.78 is 7.03. The van der Waals surface area contributed by atoms with Gasteiger partial charge in [0.2, 0.25) is 5.91 Å². The van der Waals surface area contributed by atoms with Crippen molar-refractivity contribution in [2.24, 2.45) is 0 Å². The van der Waals surface area contributed by atoms with Gasteiger partial charge in [0.15, 0.2) is 5.16 Å². The summed E-state index contributed by atoms with van der Waals surface area (Å²) in [6.45, 7) is 4.61. The SMILES string of the molecule is O=C(CSc1nc2ccccc2c(=O)n1CCCN1CCOCC1)NC(=O)c1ccccc1. The van der Waals surface area contributed by atoms with Gasteiger partial charge in [-0.3, -0.25) is 29.2 Å². The molecule has 2 aromatic carbocycles. The lowest BCUT2D eigenvalue weighted by Crippen LogP contribution is -2.37. The molecule has 1 aromatic heterocycles. The predicted octanol–water partition coefficient (Wildman–Crippen LogP) is 2.17. The summed E-state index contributed by atoms with van der Waals surface area (Å²) >= 11 is 1.16. The van der Waals surface area contributed by atoms with Crippen LogP contribution in [-0.2, 0) is 16.1 Å². The molecular weight excluding hydrogens is 440 g/mol. The number of ether oxygens (including phenoxy) is 1. The van der Waals surface area contributed by atoms with E-state index in [0.29, 0.717) is 28.2 Å². The minimum Gasteiger partial charge on any atom is -0.379 e. The number of hydrogen-bond donors (Lipinski definition) is 1. The summed E-state index contributed by atoms with van der Waals surface area (Å²) in [6, 6.07) is 15.8. The molecule has 2 heterocycles. The van der Waals surface area contributed by atoms with E-state index in [1.165, 1.54) is 0 Å². The number of fused-ring (bicyclic) bond motifs is 1. The Kier molecular flexibility index (Phi) is 7.87. The number of carbonyl (C=O) groups excluding carboxylic acids is 2. The van der Waals surface area contributed by atoms with Gasteiger partial charge in [-0.05, 0) is 30.7 Å². The van der Waals surface area contributed by atoms with Crippen molar-refractivity contribution in [3.63, 3.8) is 0 Å². The van der Waals surface area contributed by atoms with Crippen LogP contribution in [0.4, 0.5) is 0 Å². The number of morpholine rings is 1. The van der Waals surface area contributed by atoms with Crippen molar-refractivity contribution in [3.8, 4) is 0 Å². The first-order valence-corrected chi connectivity index (χ1v) is 11.9. The van der Waals surface area contributed by atoms with Gasteiger partial charge in [0.1, 0.15) is 0 Å². The van der Waals surface area contributed by atoms with Gasteiger partial charge in [-0.1, -0.05) is 42.1 Å². The molecule has 0 aliphatic carbocycles. The number of imide groups is 1. The average molecular weight is 467 g/mol. The maximum Gasteiger partial charge on any atom is 0.262 e. The highest BCUT2D eigenvalue weighted by molar-refractivity contribution is 7.99. The van der Waals surface area contributed by atoms with Gasteiger partial charge in [0.05, 0.1) is 29.9 Å². The van der Waals surface area contributed by atoms with E-state index in [1.807, 2.05) is 12.1 Å². The van der Waals surface area contributed by atoms with Crippen LogP contribution in [0.3, 0.4) is 0 Å². The minimum atomic E-state index is -0.449.